The third-order valence-corrected chi connectivity index (χ3v) is 4.42. The zero-order chi connectivity index (χ0) is 23.1. The Labute approximate surface area is 181 Å². The third kappa shape index (κ3) is 6.80. The number of amides is 2. The first-order valence-electron chi connectivity index (χ1n) is 9.59. The Morgan fingerprint density at radius 2 is 2.03 bits per heavy atom. The number of nitrogens with zero attached hydrogens (tertiary/aromatic N) is 4. The van der Waals surface area contributed by atoms with Crippen LogP contribution < -0.4 is 10.1 Å². The van der Waals surface area contributed by atoms with Gasteiger partial charge in [-0.3, -0.25) is 4.90 Å². The zero-order valence-electron chi connectivity index (χ0n) is 16.9. The van der Waals surface area contributed by atoms with Gasteiger partial charge < -0.3 is 14.8 Å². The summed E-state index contributed by atoms with van der Waals surface area (Å²) < 4.78 is 62.3. The maximum atomic E-state index is 13.5. The summed E-state index contributed by atoms with van der Waals surface area (Å²) >= 11 is 0. The molecule has 0 bridgehead atoms. The first-order chi connectivity index (χ1) is 15.2. The van der Waals surface area contributed by atoms with Crippen LogP contribution in [0.2, 0.25) is 0 Å². The number of ether oxygens (including phenoxy) is 2. The Balaban J connectivity index is 1.46. The number of hydrogen-bond acceptors (Lipinski definition) is 5. The van der Waals surface area contributed by atoms with Gasteiger partial charge in [0.15, 0.2) is 12.4 Å². The Morgan fingerprint density at radius 1 is 1.22 bits per heavy atom. The molecule has 0 saturated carbocycles. The predicted molar refractivity (Wildman–Crippen MR) is 105 cm³/mol. The number of halogens is 4. The Morgan fingerprint density at radius 3 is 2.81 bits per heavy atom. The van der Waals surface area contributed by atoms with Crippen LogP contribution in [0.4, 0.5) is 22.4 Å². The van der Waals surface area contributed by atoms with Gasteiger partial charge in [-0.05, 0) is 24.1 Å². The minimum atomic E-state index is -4.40. The van der Waals surface area contributed by atoms with E-state index in [1.165, 1.54) is 6.07 Å². The number of nitrogens with one attached hydrogen (secondary N) is 1. The minimum absolute atomic E-state index is 0.0984. The van der Waals surface area contributed by atoms with Gasteiger partial charge in [0.2, 0.25) is 0 Å². The highest BCUT2D eigenvalue weighted by atomic mass is 19.4. The average Bonchev–Trinajstić information content (AvgIpc) is 3.19. The molecule has 0 radical (unpaired) electrons. The normalized spacial score (nSPS) is 14.4. The summed E-state index contributed by atoms with van der Waals surface area (Å²) in [6.07, 6.45) is -0.869. The number of benzene rings is 1. The van der Waals surface area contributed by atoms with Crippen LogP contribution in [0.1, 0.15) is 11.3 Å². The molecule has 0 aliphatic carbocycles. The van der Waals surface area contributed by atoms with Crippen LogP contribution in [0.5, 0.6) is 5.75 Å². The Kier molecular flexibility index (Phi) is 7.46. The van der Waals surface area contributed by atoms with E-state index in [0.29, 0.717) is 19.4 Å². The summed E-state index contributed by atoms with van der Waals surface area (Å²) in [5.74, 6) is -0.508. The summed E-state index contributed by atoms with van der Waals surface area (Å²) in [7, 11) is 0. The van der Waals surface area contributed by atoms with Crippen molar-refractivity contribution in [1.29, 1.82) is 0 Å². The van der Waals surface area contributed by atoms with E-state index in [4.69, 9.17) is 9.47 Å². The quantitative estimate of drug-likeness (QED) is 0.439. The molecular weight excluding hydrogens is 434 g/mol. The van der Waals surface area contributed by atoms with E-state index >= 15 is 0 Å². The van der Waals surface area contributed by atoms with Crippen LogP contribution >= 0.6 is 0 Å². The smallest absolute Gasteiger partial charge is 0.422 e. The van der Waals surface area contributed by atoms with Crippen molar-refractivity contribution >= 4 is 6.03 Å². The molecule has 8 nitrogen and oxygen atoms in total. The number of aromatic nitrogens is 3. The SMILES string of the molecule is C=C1NC(=O)N(COCCc2cnnn2CCc2cccc(OCC(F)(F)F)c2)C=C1F. The van der Waals surface area contributed by atoms with Gasteiger partial charge >= 0.3 is 12.2 Å². The van der Waals surface area contributed by atoms with E-state index in [-0.39, 0.29) is 24.8 Å². The summed E-state index contributed by atoms with van der Waals surface area (Å²) in [4.78, 5) is 12.8. The number of carbonyl (C=O) groups is 1. The average molecular weight is 455 g/mol. The summed E-state index contributed by atoms with van der Waals surface area (Å²) in [6.45, 7) is 2.56. The molecule has 0 atom stereocenters. The number of alkyl halides is 3. The summed E-state index contributed by atoms with van der Waals surface area (Å²) in [5.41, 5.74) is 1.46. The molecule has 1 aliphatic heterocycles. The van der Waals surface area contributed by atoms with Crippen LogP contribution in [0.25, 0.3) is 0 Å². The number of urea groups is 1. The molecule has 0 saturated heterocycles. The minimum Gasteiger partial charge on any atom is -0.484 e. The van der Waals surface area contributed by atoms with E-state index in [2.05, 4.69) is 22.2 Å². The van der Waals surface area contributed by atoms with Crippen molar-refractivity contribution in [2.24, 2.45) is 0 Å². The van der Waals surface area contributed by atoms with Gasteiger partial charge in [0.25, 0.3) is 0 Å². The molecule has 12 heteroatoms. The molecule has 1 N–H and O–H groups in total. The molecule has 1 aliphatic rings. The zero-order valence-corrected chi connectivity index (χ0v) is 16.9. The number of carbonyl (C=O) groups excluding carboxylic acids is 1. The maximum Gasteiger partial charge on any atom is 0.422 e. The maximum absolute atomic E-state index is 13.5. The highest BCUT2D eigenvalue weighted by Gasteiger charge is 2.28. The second-order valence-electron chi connectivity index (χ2n) is 6.89. The van der Waals surface area contributed by atoms with Crippen LogP contribution in [-0.2, 0) is 24.1 Å². The van der Waals surface area contributed by atoms with Gasteiger partial charge in [-0.25, -0.2) is 13.9 Å². The van der Waals surface area contributed by atoms with Crippen molar-refractivity contribution in [2.45, 2.75) is 25.6 Å². The van der Waals surface area contributed by atoms with Crippen LogP contribution in [0.3, 0.4) is 0 Å². The molecule has 2 heterocycles. The van der Waals surface area contributed by atoms with Gasteiger partial charge in [0, 0.05) is 19.2 Å². The van der Waals surface area contributed by atoms with Crippen molar-refractivity contribution < 1.29 is 31.8 Å². The van der Waals surface area contributed by atoms with E-state index < -0.39 is 24.6 Å². The lowest BCUT2D eigenvalue weighted by Gasteiger charge is -2.23. The van der Waals surface area contributed by atoms with Crippen molar-refractivity contribution in [3.05, 3.63) is 66.0 Å². The molecule has 2 amide bonds. The lowest BCUT2D eigenvalue weighted by Crippen LogP contribution is -2.41. The van der Waals surface area contributed by atoms with Crippen molar-refractivity contribution in [1.82, 2.24) is 25.2 Å². The molecule has 172 valence electrons. The number of rotatable bonds is 10. The fourth-order valence-corrected chi connectivity index (χ4v) is 2.82. The van der Waals surface area contributed by atoms with E-state index in [0.717, 1.165) is 22.4 Å². The highest BCUT2D eigenvalue weighted by Crippen LogP contribution is 2.20. The lowest BCUT2D eigenvalue weighted by atomic mass is 10.1. The van der Waals surface area contributed by atoms with Crippen LogP contribution in [-0.4, -0.2) is 52.0 Å². The second kappa shape index (κ2) is 10.3. The van der Waals surface area contributed by atoms with Crippen LogP contribution in [0.15, 0.2) is 54.8 Å². The van der Waals surface area contributed by atoms with E-state index in [1.807, 2.05) is 0 Å². The van der Waals surface area contributed by atoms with E-state index in [1.54, 1.807) is 29.1 Å². The Hall–Kier alpha value is -3.41. The molecule has 0 unspecified atom stereocenters. The van der Waals surface area contributed by atoms with E-state index in [9.17, 15) is 22.4 Å². The van der Waals surface area contributed by atoms with Gasteiger partial charge in [0.1, 0.15) is 12.5 Å². The van der Waals surface area contributed by atoms with Crippen molar-refractivity contribution in [2.75, 3.05) is 19.9 Å². The third-order valence-electron chi connectivity index (χ3n) is 4.42. The predicted octanol–water partition coefficient (Wildman–Crippen LogP) is 3.33. The van der Waals surface area contributed by atoms with Crippen molar-refractivity contribution in [3.8, 4) is 5.75 Å². The van der Waals surface area contributed by atoms with Gasteiger partial charge in [-0.1, -0.05) is 23.9 Å². The molecule has 0 fully saturated rings. The van der Waals surface area contributed by atoms with Gasteiger partial charge in [-0.2, -0.15) is 13.2 Å². The van der Waals surface area contributed by atoms with Gasteiger partial charge in [-0.15, -0.1) is 5.10 Å². The first kappa shape index (κ1) is 23.3. The molecule has 2 aromatic rings. The molecule has 1 aromatic heterocycles. The number of hydrogen-bond donors (Lipinski definition) is 1. The second-order valence-corrected chi connectivity index (χ2v) is 6.89. The fraction of sp³-hybridized carbons (Fsp3) is 0.350. The molecule has 0 spiro atoms. The monoisotopic (exact) mass is 455 g/mol. The topological polar surface area (TPSA) is 81.5 Å². The van der Waals surface area contributed by atoms with Gasteiger partial charge in [0.05, 0.1) is 24.2 Å². The lowest BCUT2D eigenvalue weighted by molar-refractivity contribution is -0.153. The fourth-order valence-electron chi connectivity index (χ4n) is 2.82. The number of allylic oxidation sites excluding steroid dienone is 1. The molecule has 1 aromatic carbocycles. The molecule has 3 rings (SSSR count). The largest absolute Gasteiger partial charge is 0.484 e. The summed E-state index contributed by atoms with van der Waals surface area (Å²) in [5, 5.41) is 10.2. The summed E-state index contributed by atoms with van der Waals surface area (Å²) in [6, 6.07) is 5.89. The standard InChI is InChI=1S/C20H21F4N5O3/c1-14-18(21)11-28(19(30)26-14)13-31-8-6-16-10-25-27-29(16)7-5-15-3-2-4-17(9-15)32-12-20(22,23)24/h2-4,9-11H,1,5-8,12-13H2,(H,26,30). The first-order valence-corrected chi connectivity index (χ1v) is 9.59. The molecule has 32 heavy (non-hydrogen) atoms. The van der Waals surface area contributed by atoms with Crippen LogP contribution in [0, 0.1) is 0 Å². The Bertz CT molecular complexity index is 990. The van der Waals surface area contributed by atoms with Crippen molar-refractivity contribution in [3.63, 3.8) is 0 Å². The number of aryl methyl sites for hydroxylation is 2. The molecular formula is C20H21F4N5O3. The highest BCUT2D eigenvalue weighted by molar-refractivity contribution is 5.79.